The van der Waals surface area contributed by atoms with Crippen molar-refractivity contribution in [3.63, 3.8) is 0 Å². The number of nitrogens with zero attached hydrogens (tertiary/aromatic N) is 1. The fourth-order valence-corrected chi connectivity index (χ4v) is 2.72. The Morgan fingerprint density at radius 1 is 1.39 bits per heavy atom. The molecule has 0 saturated carbocycles. The van der Waals surface area contributed by atoms with Crippen molar-refractivity contribution < 1.29 is 27.9 Å². The van der Waals surface area contributed by atoms with Crippen molar-refractivity contribution in [2.24, 2.45) is 5.92 Å². The summed E-state index contributed by atoms with van der Waals surface area (Å²) < 4.78 is 38.2. The Hall–Kier alpha value is -2.05. The third-order valence-corrected chi connectivity index (χ3v) is 4.15. The first-order valence-corrected chi connectivity index (χ1v) is 7.36. The Balaban J connectivity index is 2.01. The molecule has 2 rings (SSSR count). The van der Waals surface area contributed by atoms with Gasteiger partial charge in [-0.3, -0.25) is 9.59 Å². The van der Waals surface area contributed by atoms with Crippen molar-refractivity contribution >= 4 is 11.9 Å². The number of carboxylic acids is 1. The fraction of sp³-hybridized carbons (Fsp3) is 0.500. The van der Waals surface area contributed by atoms with Crippen LogP contribution in [0, 0.1) is 5.92 Å². The molecule has 0 radical (unpaired) electrons. The van der Waals surface area contributed by atoms with Crippen LogP contribution in [0.5, 0.6) is 0 Å². The molecule has 1 N–H and O–H groups in total. The molecule has 1 amide bonds. The number of carbonyl (C=O) groups is 2. The molecular formula is C16H18F3NO3. The molecule has 0 aliphatic carbocycles. The molecule has 1 saturated heterocycles. The summed E-state index contributed by atoms with van der Waals surface area (Å²) in [6.07, 6.45) is -3.93. The number of benzene rings is 1. The highest BCUT2D eigenvalue weighted by Crippen LogP contribution is 2.32. The predicted octanol–water partition coefficient (Wildman–Crippen LogP) is 3.13. The topological polar surface area (TPSA) is 57.6 Å². The maximum absolute atomic E-state index is 12.7. The van der Waals surface area contributed by atoms with E-state index in [0.29, 0.717) is 18.5 Å². The van der Waals surface area contributed by atoms with Crippen LogP contribution >= 0.6 is 0 Å². The van der Waals surface area contributed by atoms with Gasteiger partial charge in [0.05, 0.1) is 11.5 Å². The van der Waals surface area contributed by atoms with E-state index in [9.17, 15) is 22.8 Å². The van der Waals surface area contributed by atoms with Crippen LogP contribution in [0.4, 0.5) is 13.2 Å². The smallest absolute Gasteiger partial charge is 0.416 e. The molecule has 1 aliphatic rings. The van der Waals surface area contributed by atoms with Crippen LogP contribution in [0.2, 0.25) is 0 Å². The van der Waals surface area contributed by atoms with Crippen LogP contribution in [-0.2, 0) is 15.8 Å². The Labute approximate surface area is 131 Å². The lowest BCUT2D eigenvalue weighted by Gasteiger charge is -2.19. The molecule has 0 aromatic heterocycles. The van der Waals surface area contributed by atoms with E-state index in [0.717, 1.165) is 12.1 Å². The van der Waals surface area contributed by atoms with Crippen LogP contribution < -0.4 is 0 Å². The van der Waals surface area contributed by atoms with E-state index in [2.05, 4.69) is 0 Å². The van der Waals surface area contributed by atoms with Crippen LogP contribution in [0.25, 0.3) is 0 Å². The van der Waals surface area contributed by atoms with Crippen LogP contribution in [0.3, 0.4) is 0 Å². The monoisotopic (exact) mass is 329 g/mol. The number of rotatable bonds is 4. The zero-order valence-electron chi connectivity index (χ0n) is 12.6. The number of likely N-dealkylation sites (tertiary alicyclic amines) is 1. The van der Waals surface area contributed by atoms with E-state index >= 15 is 0 Å². The molecule has 1 heterocycles. The summed E-state index contributed by atoms with van der Waals surface area (Å²) in [5, 5.41) is 8.93. The molecule has 4 nitrogen and oxygen atoms in total. The summed E-state index contributed by atoms with van der Waals surface area (Å²) in [5.74, 6) is -2.07. The number of amides is 1. The number of carbonyl (C=O) groups excluding carboxylic acids is 1. The number of aliphatic carboxylic acids is 1. The van der Waals surface area contributed by atoms with Gasteiger partial charge in [-0.05, 0) is 24.0 Å². The van der Waals surface area contributed by atoms with Gasteiger partial charge in [-0.25, -0.2) is 0 Å². The van der Waals surface area contributed by atoms with E-state index in [4.69, 9.17) is 5.11 Å². The SMILES string of the molecule is C[C@H](CC(=O)N1CC[C@@H](C(=O)O)C1)c1cccc(C(F)(F)F)c1. The Bertz CT molecular complexity index is 600. The lowest BCUT2D eigenvalue weighted by Crippen LogP contribution is -2.30. The van der Waals surface area contributed by atoms with Gasteiger partial charge >= 0.3 is 12.1 Å². The van der Waals surface area contributed by atoms with E-state index in [1.54, 1.807) is 13.0 Å². The third-order valence-electron chi connectivity index (χ3n) is 4.15. The first-order chi connectivity index (χ1) is 10.7. The van der Waals surface area contributed by atoms with Crippen LogP contribution in [0.15, 0.2) is 24.3 Å². The molecule has 1 aliphatic heterocycles. The summed E-state index contributed by atoms with van der Waals surface area (Å²) in [6.45, 7) is 2.24. The molecule has 0 bridgehead atoms. The maximum Gasteiger partial charge on any atom is 0.416 e. The molecule has 7 heteroatoms. The predicted molar refractivity (Wildman–Crippen MR) is 76.8 cm³/mol. The Kier molecular flexibility index (Phi) is 4.97. The zero-order chi connectivity index (χ0) is 17.2. The first kappa shape index (κ1) is 17.3. The summed E-state index contributed by atoms with van der Waals surface area (Å²) in [7, 11) is 0. The highest BCUT2D eigenvalue weighted by molar-refractivity contribution is 5.79. The molecule has 23 heavy (non-hydrogen) atoms. The van der Waals surface area contributed by atoms with Crippen molar-refractivity contribution in [2.45, 2.75) is 31.9 Å². The molecule has 1 fully saturated rings. The minimum atomic E-state index is -4.41. The van der Waals surface area contributed by atoms with Crippen LogP contribution in [0.1, 0.15) is 36.8 Å². The average molecular weight is 329 g/mol. The lowest BCUT2D eigenvalue weighted by molar-refractivity contribution is -0.141. The van der Waals surface area contributed by atoms with Gasteiger partial charge in [-0.15, -0.1) is 0 Å². The second kappa shape index (κ2) is 6.60. The van der Waals surface area contributed by atoms with Crippen molar-refractivity contribution in [2.75, 3.05) is 13.1 Å². The summed E-state index contributed by atoms with van der Waals surface area (Å²) in [4.78, 5) is 24.6. The second-order valence-corrected chi connectivity index (χ2v) is 5.89. The van der Waals surface area contributed by atoms with E-state index in [1.807, 2.05) is 0 Å². The fourth-order valence-electron chi connectivity index (χ4n) is 2.72. The minimum absolute atomic E-state index is 0.0631. The van der Waals surface area contributed by atoms with E-state index in [-0.39, 0.29) is 24.8 Å². The molecule has 0 spiro atoms. The summed E-state index contributed by atoms with van der Waals surface area (Å²) >= 11 is 0. The van der Waals surface area contributed by atoms with Crippen LogP contribution in [-0.4, -0.2) is 35.0 Å². The van der Waals surface area contributed by atoms with Gasteiger partial charge < -0.3 is 10.0 Å². The molecule has 1 aromatic rings. The number of hydrogen-bond donors (Lipinski definition) is 1. The third kappa shape index (κ3) is 4.24. The Morgan fingerprint density at radius 3 is 2.65 bits per heavy atom. The van der Waals surface area contributed by atoms with Crippen molar-refractivity contribution in [3.8, 4) is 0 Å². The summed E-state index contributed by atoms with van der Waals surface area (Å²) in [5.41, 5.74) is -0.288. The first-order valence-electron chi connectivity index (χ1n) is 7.36. The number of alkyl halides is 3. The highest BCUT2D eigenvalue weighted by atomic mass is 19.4. The molecule has 2 atom stereocenters. The van der Waals surface area contributed by atoms with Crippen molar-refractivity contribution in [1.29, 1.82) is 0 Å². The average Bonchev–Trinajstić information content (AvgIpc) is 2.96. The quantitative estimate of drug-likeness (QED) is 0.923. The van der Waals surface area contributed by atoms with Crippen molar-refractivity contribution in [1.82, 2.24) is 4.90 Å². The molecule has 0 unspecified atom stereocenters. The standard InChI is InChI=1S/C16H18F3NO3/c1-10(11-3-2-4-13(8-11)16(17,18)19)7-14(21)20-6-5-12(9-20)15(22)23/h2-4,8,10,12H,5-7,9H2,1H3,(H,22,23)/t10-,12-/m1/s1. The van der Waals surface area contributed by atoms with Gasteiger partial charge in [0, 0.05) is 19.5 Å². The lowest BCUT2D eigenvalue weighted by atomic mass is 9.95. The van der Waals surface area contributed by atoms with E-state index < -0.39 is 23.6 Å². The number of carboxylic acid groups (broad SMARTS) is 1. The minimum Gasteiger partial charge on any atom is -0.481 e. The Morgan fingerprint density at radius 2 is 2.09 bits per heavy atom. The zero-order valence-corrected chi connectivity index (χ0v) is 12.6. The largest absolute Gasteiger partial charge is 0.481 e. The molecular weight excluding hydrogens is 311 g/mol. The highest BCUT2D eigenvalue weighted by Gasteiger charge is 2.32. The summed E-state index contributed by atoms with van der Waals surface area (Å²) in [6, 6.07) is 4.95. The van der Waals surface area contributed by atoms with Gasteiger partial charge in [-0.1, -0.05) is 25.1 Å². The molecule has 1 aromatic carbocycles. The van der Waals surface area contributed by atoms with Gasteiger partial charge in [0.1, 0.15) is 0 Å². The van der Waals surface area contributed by atoms with Gasteiger partial charge in [0.25, 0.3) is 0 Å². The second-order valence-electron chi connectivity index (χ2n) is 5.89. The van der Waals surface area contributed by atoms with Crippen molar-refractivity contribution in [3.05, 3.63) is 35.4 Å². The normalized spacial score (nSPS) is 19.7. The van der Waals surface area contributed by atoms with Gasteiger partial charge in [-0.2, -0.15) is 13.2 Å². The van der Waals surface area contributed by atoms with E-state index in [1.165, 1.54) is 11.0 Å². The maximum atomic E-state index is 12.7. The van der Waals surface area contributed by atoms with Gasteiger partial charge in [0.15, 0.2) is 0 Å². The van der Waals surface area contributed by atoms with Gasteiger partial charge in [0.2, 0.25) is 5.91 Å². The number of halogens is 3. The number of hydrogen-bond acceptors (Lipinski definition) is 2. The molecule has 126 valence electrons.